The molecule has 0 saturated carbocycles. The van der Waals surface area contributed by atoms with Gasteiger partial charge in [-0.3, -0.25) is 4.79 Å². The van der Waals surface area contributed by atoms with Crippen LogP contribution in [-0.2, 0) is 11.2 Å². The SMILES string of the molecule is O=C(N[C@@H](c1ccccc1)c1cccs1)[C@H]1CCCc2ccccc21. The van der Waals surface area contributed by atoms with Crippen molar-refractivity contribution < 1.29 is 4.79 Å². The molecule has 0 radical (unpaired) electrons. The largest absolute Gasteiger partial charge is 0.344 e. The lowest BCUT2D eigenvalue weighted by Crippen LogP contribution is -2.34. The molecule has 0 aliphatic heterocycles. The second-order valence-electron chi connectivity index (χ2n) is 6.51. The van der Waals surface area contributed by atoms with Gasteiger partial charge in [0.1, 0.15) is 0 Å². The van der Waals surface area contributed by atoms with Gasteiger partial charge in [0.15, 0.2) is 0 Å². The molecule has 2 atom stereocenters. The van der Waals surface area contributed by atoms with E-state index >= 15 is 0 Å². The smallest absolute Gasteiger partial charge is 0.228 e. The molecule has 1 N–H and O–H groups in total. The zero-order chi connectivity index (χ0) is 17.1. The first-order valence-corrected chi connectivity index (χ1v) is 9.67. The Hall–Kier alpha value is -2.39. The van der Waals surface area contributed by atoms with Gasteiger partial charge >= 0.3 is 0 Å². The number of benzene rings is 2. The molecule has 1 aliphatic carbocycles. The van der Waals surface area contributed by atoms with Crippen LogP contribution in [0.5, 0.6) is 0 Å². The van der Waals surface area contributed by atoms with Gasteiger partial charge in [-0.2, -0.15) is 0 Å². The quantitative estimate of drug-likeness (QED) is 0.701. The Labute approximate surface area is 152 Å². The van der Waals surface area contributed by atoms with Crippen molar-refractivity contribution in [1.82, 2.24) is 5.32 Å². The van der Waals surface area contributed by atoms with Gasteiger partial charge in [-0.15, -0.1) is 11.3 Å². The molecular formula is C22H21NOS. The fraction of sp³-hybridized carbons (Fsp3) is 0.227. The molecule has 0 fully saturated rings. The van der Waals surface area contributed by atoms with Gasteiger partial charge in [0.25, 0.3) is 0 Å². The van der Waals surface area contributed by atoms with E-state index in [-0.39, 0.29) is 17.9 Å². The highest BCUT2D eigenvalue weighted by Gasteiger charge is 2.28. The minimum absolute atomic E-state index is 0.0453. The molecule has 4 rings (SSSR count). The number of carbonyl (C=O) groups is 1. The van der Waals surface area contributed by atoms with Gasteiger partial charge in [0.2, 0.25) is 5.91 Å². The Bertz CT molecular complexity index is 841. The van der Waals surface area contributed by atoms with E-state index in [9.17, 15) is 4.79 Å². The number of rotatable bonds is 4. The Morgan fingerprint density at radius 2 is 1.80 bits per heavy atom. The van der Waals surface area contributed by atoms with Crippen LogP contribution in [0.2, 0.25) is 0 Å². The normalized spacial score (nSPS) is 17.5. The lowest BCUT2D eigenvalue weighted by molar-refractivity contribution is -0.123. The Morgan fingerprint density at radius 1 is 1.00 bits per heavy atom. The van der Waals surface area contributed by atoms with Crippen molar-refractivity contribution in [3.05, 3.63) is 93.7 Å². The van der Waals surface area contributed by atoms with E-state index < -0.39 is 0 Å². The molecule has 1 amide bonds. The van der Waals surface area contributed by atoms with Gasteiger partial charge in [0, 0.05) is 4.88 Å². The molecule has 3 aromatic rings. The summed E-state index contributed by atoms with van der Waals surface area (Å²) in [6, 6.07) is 22.7. The van der Waals surface area contributed by atoms with E-state index in [0.717, 1.165) is 24.8 Å². The third kappa shape index (κ3) is 3.38. The molecule has 0 spiro atoms. The van der Waals surface area contributed by atoms with Crippen molar-refractivity contribution >= 4 is 17.2 Å². The van der Waals surface area contributed by atoms with Crippen LogP contribution in [0.1, 0.15) is 46.4 Å². The summed E-state index contributed by atoms with van der Waals surface area (Å²) in [5, 5.41) is 5.38. The molecule has 1 heterocycles. The highest BCUT2D eigenvalue weighted by molar-refractivity contribution is 7.10. The van der Waals surface area contributed by atoms with E-state index in [1.807, 2.05) is 30.3 Å². The first-order chi connectivity index (χ1) is 12.3. The minimum Gasteiger partial charge on any atom is -0.344 e. The van der Waals surface area contributed by atoms with E-state index in [1.165, 1.54) is 16.0 Å². The van der Waals surface area contributed by atoms with E-state index in [2.05, 4.69) is 47.1 Å². The summed E-state index contributed by atoms with van der Waals surface area (Å²) in [7, 11) is 0. The van der Waals surface area contributed by atoms with Crippen LogP contribution in [0, 0.1) is 0 Å². The summed E-state index contributed by atoms with van der Waals surface area (Å²) in [4.78, 5) is 14.3. The maximum atomic E-state index is 13.1. The van der Waals surface area contributed by atoms with Crippen molar-refractivity contribution in [3.8, 4) is 0 Å². The van der Waals surface area contributed by atoms with E-state index in [4.69, 9.17) is 0 Å². The number of amides is 1. The Balaban J connectivity index is 1.62. The molecule has 2 nitrogen and oxygen atoms in total. The second-order valence-corrected chi connectivity index (χ2v) is 7.49. The van der Waals surface area contributed by atoms with Crippen LogP contribution in [-0.4, -0.2) is 5.91 Å². The maximum Gasteiger partial charge on any atom is 0.228 e. The molecule has 2 aromatic carbocycles. The van der Waals surface area contributed by atoms with E-state index in [1.54, 1.807) is 11.3 Å². The number of aryl methyl sites for hydroxylation is 1. The highest BCUT2D eigenvalue weighted by Crippen LogP contribution is 2.33. The Kier molecular flexibility index (Phi) is 4.66. The van der Waals surface area contributed by atoms with Crippen LogP contribution < -0.4 is 5.32 Å². The zero-order valence-corrected chi connectivity index (χ0v) is 14.8. The fourth-order valence-electron chi connectivity index (χ4n) is 3.69. The number of thiophene rings is 1. The predicted octanol–water partition coefficient (Wildman–Crippen LogP) is 5.07. The summed E-state index contributed by atoms with van der Waals surface area (Å²) in [6.45, 7) is 0. The first-order valence-electron chi connectivity index (χ1n) is 8.79. The molecule has 1 aliphatic rings. The monoisotopic (exact) mass is 347 g/mol. The zero-order valence-electron chi connectivity index (χ0n) is 14.0. The number of hydrogen-bond acceptors (Lipinski definition) is 2. The average Bonchev–Trinajstić information content (AvgIpc) is 3.20. The minimum atomic E-state index is -0.0808. The van der Waals surface area contributed by atoms with Crippen LogP contribution in [0.3, 0.4) is 0 Å². The third-order valence-electron chi connectivity index (χ3n) is 4.93. The topological polar surface area (TPSA) is 29.1 Å². The molecule has 126 valence electrons. The molecule has 0 saturated heterocycles. The van der Waals surface area contributed by atoms with Gasteiger partial charge < -0.3 is 5.32 Å². The molecule has 25 heavy (non-hydrogen) atoms. The van der Waals surface area contributed by atoms with Crippen LogP contribution in [0.15, 0.2) is 72.1 Å². The lowest BCUT2D eigenvalue weighted by atomic mass is 9.82. The summed E-state index contributed by atoms with van der Waals surface area (Å²) < 4.78 is 0. The predicted molar refractivity (Wildman–Crippen MR) is 103 cm³/mol. The second kappa shape index (κ2) is 7.24. The Morgan fingerprint density at radius 3 is 2.60 bits per heavy atom. The van der Waals surface area contributed by atoms with Gasteiger partial charge in [-0.05, 0) is 47.4 Å². The van der Waals surface area contributed by atoms with Crippen molar-refractivity contribution in [2.75, 3.05) is 0 Å². The summed E-state index contributed by atoms with van der Waals surface area (Å²) in [5.74, 6) is 0.0885. The standard InChI is InChI=1S/C22H21NOS/c24-22(19-13-6-11-16-8-4-5-12-18(16)19)23-21(20-14-7-15-25-20)17-9-2-1-3-10-17/h1-5,7-10,12,14-15,19,21H,6,11,13H2,(H,23,24)/t19-,21-/m0/s1. The molecule has 1 aromatic heterocycles. The number of nitrogens with one attached hydrogen (secondary N) is 1. The maximum absolute atomic E-state index is 13.1. The van der Waals surface area contributed by atoms with Gasteiger partial charge in [-0.1, -0.05) is 60.7 Å². The van der Waals surface area contributed by atoms with Gasteiger partial charge in [-0.25, -0.2) is 0 Å². The van der Waals surface area contributed by atoms with Crippen molar-refractivity contribution in [2.45, 2.75) is 31.2 Å². The number of fused-ring (bicyclic) bond motifs is 1. The number of hydrogen-bond donors (Lipinski definition) is 1. The summed E-state index contributed by atoms with van der Waals surface area (Å²) in [6.07, 6.45) is 3.08. The fourth-order valence-corrected chi connectivity index (χ4v) is 4.49. The lowest BCUT2D eigenvalue weighted by Gasteiger charge is -2.27. The highest BCUT2D eigenvalue weighted by atomic mass is 32.1. The summed E-state index contributed by atoms with van der Waals surface area (Å²) >= 11 is 1.69. The summed E-state index contributed by atoms with van der Waals surface area (Å²) in [5.41, 5.74) is 3.65. The van der Waals surface area contributed by atoms with Crippen molar-refractivity contribution in [2.24, 2.45) is 0 Å². The molecule has 0 unspecified atom stereocenters. The van der Waals surface area contributed by atoms with Gasteiger partial charge in [0.05, 0.1) is 12.0 Å². The van der Waals surface area contributed by atoms with Crippen molar-refractivity contribution in [3.63, 3.8) is 0 Å². The van der Waals surface area contributed by atoms with Crippen LogP contribution in [0.25, 0.3) is 0 Å². The molecular weight excluding hydrogens is 326 g/mol. The average molecular weight is 347 g/mol. The van der Waals surface area contributed by atoms with Crippen molar-refractivity contribution in [1.29, 1.82) is 0 Å². The third-order valence-corrected chi connectivity index (χ3v) is 5.87. The van der Waals surface area contributed by atoms with Crippen LogP contribution >= 0.6 is 11.3 Å². The molecule has 3 heteroatoms. The number of carbonyl (C=O) groups excluding carboxylic acids is 1. The first kappa shape index (κ1) is 16.1. The van der Waals surface area contributed by atoms with Crippen LogP contribution in [0.4, 0.5) is 0 Å². The van der Waals surface area contributed by atoms with E-state index in [0.29, 0.717) is 0 Å². The molecule has 0 bridgehead atoms.